The van der Waals surface area contributed by atoms with E-state index in [-0.39, 0.29) is 6.10 Å². The normalized spacial score (nSPS) is 22.5. The first-order valence-electron chi connectivity index (χ1n) is 5.37. The van der Waals surface area contributed by atoms with Gasteiger partial charge in [-0.2, -0.15) is 0 Å². The highest BCUT2D eigenvalue weighted by Gasteiger charge is 2.21. The summed E-state index contributed by atoms with van der Waals surface area (Å²) in [4.78, 5) is 2.24. The number of nitrogens with two attached hydrogens (primary N) is 1. The van der Waals surface area contributed by atoms with Gasteiger partial charge in [0.25, 0.3) is 0 Å². The molecule has 84 valence electrons. The summed E-state index contributed by atoms with van der Waals surface area (Å²) in [7, 11) is 0. The largest absolute Gasteiger partial charge is 0.465 e. The lowest BCUT2D eigenvalue weighted by Gasteiger charge is -2.13. The van der Waals surface area contributed by atoms with Gasteiger partial charge in [-0.25, -0.2) is 0 Å². The summed E-state index contributed by atoms with van der Waals surface area (Å²) in [5.41, 5.74) is 6.70. The molecular formula is C11H18N2O2. The average molecular weight is 210 g/mol. The van der Waals surface area contributed by atoms with E-state index in [1.165, 1.54) is 5.56 Å². The zero-order chi connectivity index (χ0) is 10.8. The van der Waals surface area contributed by atoms with Gasteiger partial charge in [-0.05, 0) is 19.4 Å². The van der Waals surface area contributed by atoms with Crippen molar-refractivity contribution in [2.24, 2.45) is 5.73 Å². The van der Waals surface area contributed by atoms with Crippen LogP contribution in [0.4, 0.5) is 0 Å². The van der Waals surface area contributed by atoms with Crippen LogP contribution in [0.15, 0.2) is 10.5 Å². The number of rotatable bonds is 3. The summed E-state index contributed by atoms with van der Waals surface area (Å²) in [5.74, 6) is 1.78. The number of aryl methyl sites for hydroxylation is 1. The molecular weight excluding hydrogens is 192 g/mol. The summed E-state index contributed by atoms with van der Waals surface area (Å²) in [6, 6.07) is 2.01. The van der Waals surface area contributed by atoms with E-state index in [1.807, 2.05) is 13.0 Å². The Kier molecular flexibility index (Phi) is 3.09. The Morgan fingerprint density at radius 3 is 3.00 bits per heavy atom. The van der Waals surface area contributed by atoms with Gasteiger partial charge in [0, 0.05) is 25.2 Å². The molecule has 0 aromatic carbocycles. The minimum Gasteiger partial charge on any atom is -0.465 e. The molecule has 0 aliphatic carbocycles. The van der Waals surface area contributed by atoms with Crippen LogP contribution in [0.5, 0.6) is 0 Å². The first-order chi connectivity index (χ1) is 7.19. The van der Waals surface area contributed by atoms with Crippen molar-refractivity contribution in [3.05, 3.63) is 23.2 Å². The molecule has 1 aromatic rings. The maximum absolute atomic E-state index is 9.41. The third-order valence-corrected chi connectivity index (χ3v) is 2.91. The highest BCUT2D eigenvalue weighted by Crippen LogP contribution is 2.19. The second-order valence-corrected chi connectivity index (χ2v) is 4.18. The zero-order valence-electron chi connectivity index (χ0n) is 9.07. The van der Waals surface area contributed by atoms with Crippen molar-refractivity contribution in [1.29, 1.82) is 0 Å². The fourth-order valence-corrected chi connectivity index (χ4v) is 2.04. The van der Waals surface area contributed by atoms with Crippen molar-refractivity contribution < 1.29 is 9.52 Å². The molecule has 1 aromatic heterocycles. The van der Waals surface area contributed by atoms with Gasteiger partial charge in [0.1, 0.15) is 11.5 Å². The van der Waals surface area contributed by atoms with Gasteiger partial charge < -0.3 is 15.3 Å². The minimum absolute atomic E-state index is 0.161. The van der Waals surface area contributed by atoms with E-state index in [0.717, 1.165) is 37.6 Å². The zero-order valence-corrected chi connectivity index (χ0v) is 9.07. The molecule has 4 nitrogen and oxygen atoms in total. The molecule has 1 aliphatic rings. The molecule has 1 unspecified atom stereocenters. The van der Waals surface area contributed by atoms with E-state index in [0.29, 0.717) is 6.54 Å². The van der Waals surface area contributed by atoms with Crippen LogP contribution in [0.3, 0.4) is 0 Å². The maximum Gasteiger partial charge on any atom is 0.118 e. The Labute approximate surface area is 89.7 Å². The van der Waals surface area contributed by atoms with Crippen molar-refractivity contribution >= 4 is 0 Å². The second kappa shape index (κ2) is 4.35. The van der Waals surface area contributed by atoms with Gasteiger partial charge in [0.05, 0.1) is 12.6 Å². The lowest BCUT2D eigenvalue weighted by Crippen LogP contribution is -2.21. The molecule has 1 atom stereocenters. The molecule has 15 heavy (non-hydrogen) atoms. The topological polar surface area (TPSA) is 62.6 Å². The SMILES string of the molecule is Cc1oc(CN)cc1CN1CCC(O)C1. The second-order valence-electron chi connectivity index (χ2n) is 4.18. The molecule has 1 saturated heterocycles. The monoisotopic (exact) mass is 210 g/mol. The van der Waals surface area contributed by atoms with E-state index in [9.17, 15) is 5.11 Å². The maximum atomic E-state index is 9.41. The summed E-state index contributed by atoms with van der Waals surface area (Å²) in [6.45, 7) is 4.99. The molecule has 4 heteroatoms. The van der Waals surface area contributed by atoms with Crippen LogP contribution in [0.1, 0.15) is 23.5 Å². The van der Waals surface area contributed by atoms with Crippen molar-refractivity contribution in [2.75, 3.05) is 13.1 Å². The summed E-state index contributed by atoms with van der Waals surface area (Å²) in [6.07, 6.45) is 0.715. The molecule has 3 N–H and O–H groups in total. The fourth-order valence-electron chi connectivity index (χ4n) is 2.04. The van der Waals surface area contributed by atoms with Crippen LogP contribution in [0.2, 0.25) is 0 Å². The first kappa shape index (κ1) is 10.7. The van der Waals surface area contributed by atoms with Crippen molar-refractivity contribution in [3.8, 4) is 0 Å². The van der Waals surface area contributed by atoms with Crippen LogP contribution in [0.25, 0.3) is 0 Å². The van der Waals surface area contributed by atoms with Crippen LogP contribution in [0, 0.1) is 6.92 Å². The fraction of sp³-hybridized carbons (Fsp3) is 0.636. The first-order valence-corrected chi connectivity index (χ1v) is 5.37. The third-order valence-electron chi connectivity index (χ3n) is 2.91. The Bertz CT molecular complexity index is 335. The average Bonchev–Trinajstić information content (AvgIpc) is 2.75. The number of furan rings is 1. The Hall–Kier alpha value is -0.840. The standard InChI is InChI=1S/C11H18N2O2/c1-8-9(4-11(5-12)15-8)6-13-3-2-10(14)7-13/h4,10,14H,2-3,5-7,12H2,1H3. The van der Waals surface area contributed by atoms with Crippen LogP contribution in [-0.4, -0.2) is 29.2 Å². The van der Waals surface area contributed by atoms with Gasteiger partial charge in [-0.1, -0.05) is 0 Å². The molecule has 0 bridgehead atoms. The highest BCUT2D eigenvalue weighted by molar-refractivity contribution is 5.20. The lowest BCUT2D eigenvalue weighted by atomic mass is 10.2. The van der Waals surface area contributed by atoms with E-state index >= 15 is 0 Å². The summed E-state index contributed by atoms with van der Waals surface area (Å²) in [5, 5.41) is 9.41. The van der Waals surface area contributed by atoms with Crippen LogP contribution >= 0.6 is 0 Å². The van der Waals surface area contributed by atoms with Gasteiger partial charge in [-0.15, -0.1) is 0 Å². The van der Waals surface area contributed by atoms with E-state index in [1.54, 1.807) is 0 Å². The van der Waals surface area contributed by atoms with E-state index in [2.05, 4.69) is 4.90 Å². The van der Waals surface area contributed by atoms with E-state index < -0.39 is 0 Å². The number of aliphatic hydroxyl groups excluding tert-OH is 1. The molecule has 1 fully saturated rings. The molecule has 0 radical (unpaired) electrons. The van der Waals surface area contributed by atoms with Gasteiger partial charge in [0.15, 0.2) is 0 Å². The van der Waals surface area contributed by atoms with Crippen molar-refractivity contribution in [2.45, 2.75) is 32.5 Å². The molecule has 0 spiro atoms. The number of β-amino-alcohol motifs (C(OH)–C–C–N with tert-alkyl or cyclic N) is 1. The predicted molar refractivity (Wildman–Crippen MR) is 57.2 cm³/mol. The number of aliphatic hydroxyl groups is 1. The summed E-state index contributed by atoms with van der Waals surface area (Å²) < 4.78 is 5.49. The van der Waals surface area contributed by atoms with Crippen molar-refractivity contribution in [1.82, 2.24) is 4.90 Å². The van der Waals surface area contributed by atoms with Gasteiger partial charge in [-0.3, -0.25) is 4.90 Å². The third kappa shape index (κ3) is 2.40. The Morgan fingerprint density at radius 2 is 2.47 bits per heavy atom. The summed E-state index contributed by atoms with van der Waals surface area (Å²) >= 11 is 0. The minimum atomic E-state index is -0.161. The smallest absolute Gasteiger partial charge is 0.118 e. The molecule has 2 rings (SSSR count). The molecule has 0 amide bonds. The lowest BCUT2D eigenvalue weighted by molar-refractivity contribution is 0.174. The molecule has 0 saturated carbocycles. The number of hydrogen-bond acceptors (Lipinski definition) is 4. The number of hydrogen-bond donors (Lipinski definition) is 2. The number of likely N-dealkylation sites (tertiary alicyclic amines) is 1. The Morgan fingerprint density at radius 1 is 1.67 bits per heavy atom. The molecule has 1 aliphatic heterocycles. The highest BCUT2D eigenvalue weighted by atomic mass is 16.3. The van der Waals surface area contributed by atoms with Gasteiger partial charge in [0.2, 0.25) is 0 Å². The molecule has 2 heterocycles. The van der Waals surface area contributed by atoms with E-state index in [4.69, 9.17) is 10.2 Å². The number of nitrogens with zero attached hydrogens (tertiary/aromatic N) is 1. The predicted octanol–water partition coefficient (Wildman–Crippen LogP) is 0.613. The van der Waals surface area contributed by atoms with Crippen LogP contribution < -0.4 is 5.73 Å². The quantitative estimate of drug-likeness (QED) is 0.767. The van der Waals surface area contributed by atoms with Gasteiger partial charge >= 0.3 is 0 Å². The Balaban J connectivity index is 2.00. The van der Waals surface area contributed by atoms with Crippen molar-refractivity contribution in [3.63, 3.8) is 0 Å². The van der Waals surface area contributed by atoms with Crippen LogP contribution in [-0.2, 0) is 13.1 Å².